The van der Waals surface area contributed by atoms with Crippen LogP contribution in [0.25, 0.3) is 6.08 Å². The van der Waals surface area contributed by atoms with Crippen molar-refractivity contribution in [3.63, 3.8) is 0 Å². The molecule has 0 unspecified atom stereocenters. The van der Waals surface area contributed by atoms with E-state index in [2.05, 4.69) is 16.4 Å². The van der Waals surface area contributed by atoms with E-state index in [1.807, 2.05) is 38.1 Å². The third-order valence-electron chi connectivity index (χ3n) is 4.81. The van der Waals surface area contributed by atoms with Crippen LogP contribution in [0.5, 0.6) is 0 Å². The highest BCUT2D eigenvalue weighted by atomic mass is 19.1. The second-order valence-electron chi connectivity index (χ2n) is 6.80. The highest BCUT2D eigenvalue weighted by Gasteiger charge is 2.30. The molecule has 2 amide bonds. The highest BCUT2D eigenvalue weighted by molar-refractivity contribution is 6.10. The third kappa shape index (κ3) is 3.30. The number of fused-ring (bicyclic) bond motifs is 1. The van der Waals surface area contributed by atoms with Crippen LogP contribution in [0, 0.1) is 19.7 Å². The first-order valence-corrected chi connectivity index (χ1v) is 8.97. The van der Waals surface area contributed by atoms with Crippen molar-refractivity contribution in [2.24, 2.45) is 4.99 Å². The van der Waals surface area contributed by atoms with E-state index < -0.39 is 0 Å². The van der Waals surface area contributed by atoms with Gasteiger partial charge in [0.1, 0.15) is 5.82 Å². The van der Waals surface area contributed by atoms with E-state index in [1.165, 1.54) is 12.1 Å². The lowest BCUT2D eigenvalue weighted by molar-refractivity contribution is 0.230. The van der Waals surface area contributed by atoms with Gasteiger partial charge in [0, 0.05) is 12.2 Å². The molecule has 0 saturated carbocycles. The Balaban J connectivity index is 1.58. The zero-order valence-corrected chi connectivity index (χ0v) is 15.4. The molecule has 27 heavy (non-hydrogen) atoms. The van der Waals surface area contributed by atoms with E-state index in [0.29, 0.717) is 31.3 Å². The number of hydrogen-bond acceptors (Lipinski definition) is 3. The number of carbonyl (C=O) groups is 1. The Morgan fingerprint density at radius 1 is 1.15 bits per heavy atom. The molecular weight excluding hydrogens is 343 g/mol. The van der Waals surface area contributed by atoms with Crippen LogP contribution in [0.4, 0.5) is 20.6 Å². The lowest BCUT2D eigenvalue weighted by atomic mass is 10.1. The normalized spacial score (nSPS) is 15.6. The fourth-order valence-corrected chi connectivity index (χ4v) is 3.35. The van der Waals surface area contributed by atoms with E-state index in [-0.39, 0.29) is 11.8 Å². The zero-order valence-electron chi connectivity index (χ0n) is 15.4. The minimum Gasteiger partial charge on any atom is -0.325 e. The number of hydrogen-bond donors (Lipinski definition) is 1. The lowest BCUT2D eigenvalue weighted by Crippen LogP contribution is -2.48. The minimum atomic E-state index is -0.329. The van der Waals surface area contributed by atoms with Crippen LogP contribution in [0.15, 0.2) is 47.5 Å². The van der Waals surface area contributed by atoms with Crippen LogP contribution < -0.4 is 10.2 Å². The summed E-state index contributed by atoms with van der Waals surface area (Å²) in [5, 5.41) is 3.12. The van der Waals surface area contributed by atoms with E-state index >= 15 is 0 Å². The SMILES string of the molecule is Cc1ccc2c(c1)C=CCN2C(=O)N1CCN=C1Nc1cc(F)ccc1C. The van der Waals surface area contributed by atoms with E-state index in [1.54, 1.807) is 15.9 Å². The van der Waals surface area contributed by atoms with Gasteiger partial charge < -0.3 is 5.32 Å². The van der Waals surface area contributed by atoms with Gasteiger partial charge in [0.25, 0.3) is 0 Å². The van der Waals surface area contributed by atoms with Crippen LogP contribution in [0.2, 0.25) is 0 Å². The average Bonchev–Trinajstić information content (AvgIpc) is 3.11. The molecule has 2 aromatic rings. The van der Waals surface area contributed by atoms with Gasteiger partial charge in [-0.1, -0.05) is 29.8 Å². The van der Waals surface area contributed by atoms with Crippen LogP contribution in [-0.4, -0.2) is 36.5 Å². The maximum absolute atomic E-state index is 13.6. The number of anilines is 2. The number of aliphatic imine (C=N–C) groups is 1. The molecule has 0 saturated heterocycles. The zero-order chi connectivity index (χ0) is 19.0. The summed E-state index contributed by atoms with van der Waals surface area (Å²) in [5.41, 5.74) is 4.57. The number of benzene rings is 2. The Morgan fingerprint density at radius 3 is 2.85 bits per heavy atom. The summed E-state index contributed by atoms with van der Waals surface area (Å²) in [4.78, 5) is 21.0. The number of nitrogens with zero attached hydrogens (tertiary/aromatic N) is 3. The molecule has 6 heteroatoms. The topological polar surface area (TPSA) is 47.9 Å². The Labute approximate surface area is 157 Å². The molecule has 2 aliphatic heterocycles. The maximum Gasteiger partial charge on any atom is 0.331 e. The van der Waals surface area contributed by atoms with Crippen molar-refractivity contribution in [2.45, 2.75) is 13.8 Å². The predicted octanol–water partition coefficient (Wildman–Crippen LogP) is 4.18. The third-order valence-corrected chi connectivity index (χ3v) is 4.81. The fourth-order valence-electron chi connectivity index (χ4n) is 3.35. The van der Waals surface area contributed by atoms with E-state index in [4.69, 9.17) is 0 Å². The van der Waals surface area contributed by atoms with Gasteiger partial charge in [0.2, 0.25) is 5.96 Å². The van der Waals surface area contributed by atoms with Crippen molar-refractivity contribution in [1.29, 1.82) is 0 Å². The molecule has 0 bridgehead atoms. The number of urea groups is 1. The second kappa shape index (κ2) is 6.87. The Hall–Kier alpha value is -3.15. The molecule has 2 aliphatic rings. The molecule has 0 aromatic heterocycles. The number of aryl methyl sites for hydroxylation is 2. The molecule has 0 radical (unpaired) electrons. The van der Waals surface area contributed by atoms with Gasteiger partial charge in [-0.15, -0.1) is 0 Å². The predicted molar refractivity (Wildman–Crippen MR) is 107 cm³/mol. The Kier molecular flexibility index (Phi) is 4.39. The van der Waals surface area contributed by atoms with Crippen molar-refractivity contribution < 1.29 is 9.18 Å². The smallest absolute Gasteiger partial charge is 0.325 e. The van der Waals surface area contributed by atoms with Crippen molar-refractivity contribution in [1.82, 2.24) is 4.90 Å². The molecule has 4 rings (SSSR count). The highest BCUT2D eigenvalue weighted by Crippen LogP contribution is 2.28. The summed E-state index contributed by atoms with van der Waals surface area (Å²) < 4.78 is 13.6. The van der Waals surface area contributed by atoms with Crippen LogP contribution in [0.3, 0.4) is 0 Å². The standard InChI is InChI=1S/C21H21FN4O/c1-14-5-8-19-16(12-14)4-3-10-25(19)21(27)26-11-9-23-20(26)24-18-13-17(22)7-6-15(18)2/h3-8,12-13H,9-11H2,1-2H3,(H,23,24). The Morgan fingerprint density at radius 2 is 2.00 bits per heavy atom. The molecule has 0 spiro atoms. The number of rotatable bonds is 1. The first kappa shape index (κ1) is 17.3. The van der Waals surface area contributed by atoms with Gasteiger partial charge in [-0.3, -0.25) is 14.8 Å². The monoisotopic (exact) mass is 364 g/mol. The van der Waals surface area contributed by atoms with Gasteiger partial charge in [-0.25, -0.2) is 9.18 Å². The fraction of sp³-hybridized carbons (Fsp3) is 0.238. The number of nitrogens with one attached hydrogen (secondary N) is 1. The number of guanidine groups is 1. The average molecular weight is 364 g/mol. The molecule has 0 atom stereocenters. The summed E-state index contributed by atoms with van der Waals surface area (Å²) in [7, 11) is 0. The molecular formula is C21H21FN4O. The first-order chi connectivity index (χ1) is 13.0. The molecule has 0 fully saturated rings. The number of amides is 2. The van der Waals surface area contributed by atoms with Gasteiger partial charge in [-0.2, -0.15) is 0 Å². The molecule has 1 N–H and O–H groups in total. The molecule has 138 valence electrons. The second-order valence-corrected chi connectivity index (χ2v) is 6.80. The molecule has 2 heterocycles. The Bertz CT molecular complexity index is 967. The largest absolute Gasteiger partial charge is 0.331 e. The van der Waals surface area contributed by atoms with Gasteiger partial charge >= 0.3 is 6.03 Å². The van der Waals surface area contributed by atoms with Crippen LogP contribution in [-0.2, 0) is 0 Å². The first-order valence-electron chi connectivity index (χ1n) is 8.97. The summed E-state index contributed by atoms with van der Waals surface area (Å²) in [6, 6.07) is 10.4. The number of carbonyl (C=O) groups excluding carboxylic acids is 1. The van der Waals surface area contributed by atoms with Gasteiger partial charge in [0.05, 0.1) is 18.8 Å². The lowest BCUT2D eigenvalue weighted by Gasteiger charge is -2.31. The molecule has 0 aliphatic carbocycles. The molecule has 2 aromatic carbocycles. The van der Waals surface area contributed by atoms with Gasteiger partial charge in [-0.05, 0) is 49.2 Å². The van der Waals surface area contributed by atoms with Crippen molar-refractivity contribution >= 4 is 29.4 Å². The maximum atomic E-state index is 13.6. The quantitative estimate of drug-likeness (QED) is 0.825. The van der Waals surface area contributed by atoms with Crippen LogP contribution in [0.1, 0.15) is 16.7 Å². The van der Waals surface area contributed by atoms with E-state index in [9.17, 15) is 9.18 Å². The van der Waals surface area contributed by atoms with Gasteiger partial charge in [0.15, 0.2) is 0 Å². The molecule has 5 nitrogen and oxygen atoms in total. The summed E-state index contributed by atoms with van der Waals surface area (Å²) in [6.45, 7) is 5.45. The summed E-state index contributed by atoms with van der Waals surface area (Å²) >= 11 is 0. The number of halogens is 1. The summed E-state index contributed by atoms with van der Waals surface area (Å²) in [5.74, 6) is 0.127. The van der Waals surface area contributed by atoms with Crippen molar-refractivity contribution in [3.05, 3.63) is 65.0 Å². The van der Waals surface area contributed by atoms with Crippen molar-refractivity contribution in [2.75, 3.05) is 29.9 Å². The van der Waals surface area contributed by atoms with Crippen LogP contribution >= 0.6 is 0 Å². The minimum absolute atomic E-state index is 0.137. The van der Waals surface area contributed by atoms with Crippen molar-refractivity contribution in [3.8, 4) is 0 Å². The van der Waals surface area contributed by atoms with E-state index in [0.717, 1.165) is 22.4 Å². The summed E-state index contributed by atoms with van der Waals surface area (Å²) in [6.07, 6.45) is 4.02.